The van der Waals surface area contributed by atoms with Gasteiger partial charge in [0.2, 0.25) is 0 Å². The predicted octanol–water partition coefficient (Wildman–Crippen LogP) is 6.41. The lowest BCUT2D eigenvalue weighted by Crippen LogP contribution is -2.43. The maximum absolute atomic E-state index is 13.3. The Morgan fingerprint density at radius 3 is 2.03 bits per heavy atom. The Balaban J connectivity index is 1.91. The number of nitrogens with one attached hydrogen (secondary N) is 1. The van der Waals surface area contributed by atoms with Gasteiger partial charge in [0.1, 0.15) is 5.82 Å². The topological polar surface area (TPSA) is 21.3 Å². The summed E-state index contributed by atoms with van der Waals surface area (Å²) in [6.45, 7) is 1.74. The minimum Gasteiger partial charge on any atom is -0.379 e. The highest BCUT2D eigenvalue weighted by molar-refractivity contribution is 7.80. The standard InChI is InChI=1S/C21H18F7NOS/c1-11(13-6-14(20(23,24)25)8-15(7-13)21(26,27)28)30-18-9-19(31)29-10-17(18)12-2-4-16(22)5-3-12/h2-8,11,17-18H,9-10H2,1H3,(H,29,31)/t11-,17-,18+/m1/s1. The molecule has 0 spiro atoms. The molecule has 1 heterocycles. The third kappa shape index (κ3) is 5.74. The van der Waals surface area contributed by atoms with Gasteiger partial charge in [0.25, 0.3) is 0 Å². The molecule has 1 saturated heterocycles. The number of ether oxygens (including phenoxy) is 1. The van der Waals surface area contributed by atoms with Crippen LogP contribution < -0.4 is 5.32 Å². The first kappa shape index (κ1) is 23.5. The Morgan fingerprint density at radius 2 is 1.52 bits per heavy atom. The molecule has 0 unspecified atom stereocenters. The third-order valence-corrected chi connectivity index (χ3v) is 5.42. The fourth-order valence-electron chi connectivity index (χ4n) is 3.49. The van der Waals surface area contributed by atoms with E-state index in [0.29, 0.717) is 29.2 Å². The van der Waals surface area contributed by atoms with Crippen molar-refractivity contribution in [2.45, 2.75) is 43.8 Å². The van der Waals surface area contributed by atoms with Gasteiger partial charge in [-0.25, -0.2) is 4.39 Å². The van der Waals surface area contributed by atoms with Crippen LogP contribution in [0.4, 0.5) is 30.7 Å². The number of benzene rings is 2. The highest BCUT2D eigenvalue weighted by Gasteiger charge is 2.38. The van der Waals surface area contributed by atoms with E-state index in [1.165, 1.54) is 19.1 Å². The van der Waals surface area contributed by atoms with E-state index < -0.39 is 41.5 Å². The Morgan fingerprint density at radius 1 is 0.968 bits per heavy atom. The summed E-state index contributed by atoms with van der Waals surface area (Å²) >= 11 is 5.17. The lowest BCUT2D eigenvalue weighted by Gasteiger charge is -2.35. The molecule has 3 atom stereocenters. The van der Waals surface area contributed by atoms with Crippen molar-refractivity contribution in [2.24, 2.45) is 0 Å². The molecule has 2 aromatic rings. The first-order valence-corrected chi connectivity index (χ1v) is 9.72. The molecule has 10 heteroatoms. The van der Waals surface area contributed by atoms with Gasteiger partial charge in [0.15, 0.2) is 0 Å². The second kappa shape index (κ2) is 8.74. The molecule has 1 aliphatic heterocycles. The molecule has 31 heavy (non-hydrogen) atoms. The van der Waals surface area contributed by atoms with Crippen LogP contribution in [0.3, 0.4) is 0 Å². The normalized spacial score (nSPS) is 21.0. The molecule has 0 bridgehead atoms. The molecule has 2 aromatic carbocycles. The molecule has 2 nitrogen and oxygen atoms in total. The van der Waals surface area contributed by atoms with Gasteiger partial charge in [-0.05, 0) is 48.4 Å². The van der Waals surface area contributed by atoms with Crippen LogP contribution in [0.2, 0.25) is 0 Å². The molecule has 168 valence electrons. The zero-order chi connectivity index (χ0) is 23.0. The second-order valence-corrected chi connectivity index (χ2v) is 7.82. The summed E-state index contributed by atoms with van der Waals surface area (Å²) in [4.78, 5) is 0.468. The molecular weight excluding hydrogens is 447 g/mol. The predicted molar refractivity (Wildman–Crippen MR) is 104 cm³/mol. The van der Waals surface area contributed by atoms with Gasteiger partial charge in [-0.3, -0.25) is 0 Å². The molecule has 0 aromatic heterocycles. The zero-order valence-corrected chi connectivity index (χ0v) is 17.0. The number of halogens is 7. The quantitative estimate of drug-likeness (QED) is 0.416. The van der Waals surface area contributed by atoms with Crippen molar-refractivity contribution < 1.29 is 35.5 Å². The molecule has 1 fully saturated rings. The van der Waals surface area contributed by atoms with Crippen molar-refractivity contribution in [2.75, 3.05) is 6.54 Å². The molecule has 0 amide bonds. The maximum Gasteiger partial charge on any atom is 0.416 e. The van der Waals surface area contributed by atoms with Crippen molar-refractivity contribution in [1.82, 2.24) is 5.32 Å². The van der Waals surface area contributed by atoms with Gasteiger partial charge in [0.05, 0.1) is 28.3 Å². The van der Waals surface area contributed by atoms with Gasteiger partial charge in [0, 0.05) is 18.9 Å². The number of rotatable bonds is 4. The monoisotopic (exact) mass is 465 g/mol. The summed E-state index contributed by atoms with van der Waals surface area (Å²) in [6.07, 6.45) is -11.3. The van der Waals surface area contributed by atoms with E-state index in [1.807, 2.05) is 0 Å². The van der Waals surface area contributed by atoms with Gasteiger partial charge in [-0.1, -0.05) is 24.4 Å². The summed E-state index contributed by atoms with van der Waals surface area (Å²) < 4.78 is 98.2. The van der Waals surface area contributed by atoms with Crippen molar-refractivity contribution in [1.29, 1.82) is 0 Å². The Kier molecular flexibility index (Phi) is 6.61. The smallest absolute Gasteiger partial charge is 0.379 e. The fraction of sp³-hybridized carbons (Fsp3) is 0.381. The van der Waals surface area contributed by atoms with Crippen LogP contribution >= 0.6 is 12.2 Å². The summed E-state index contributed by atoms with van der Waals surface area (Å²) in [6, 6.07) is 7.05. The number of alkyl halides is 6. The lowest BCUT2D eigenvalue weighted by molar-refractivity contribution is -0.143. The van der Waals surface area contributed by atoms with E-state index in [1.54, 1.807) is 12.1 Å². The third-order valence-electron chi connectivity index (χ3n) is 5.11. The van der Waals surface area contributed by atoms with E-state index in [2.05, 4.69) is 5.32 Å². The van der Waals surface area contributed by atoms with Gasteiger partial charge in [-0.15, -0.1) is 0 Å². The summed E-state index contributed by atoms with van der Waals surface area (Å²) in [5.41, 5.74) is -2.33. The van der Waals surface area contributed by atoms with Crippen molar-refractivity contribution in [3.8, 4) is 0 Å². The molecule has 0 radical (unpaired) electrons. The van der Waals surface area contributed by atoms with Gasteiger partial charge in [-0.2, -0.15) is 26.3 Å². The number of hydrogen-bond acceptors (Lipinski definition) is 2. The van der Waals surface area contributed by atoms with E-state index in [9.17, 15) is 30.7 Å². The minimum atomic E-state index is -4.94. The lowest BCUT2D eigenvalue weighted by atomic mass is 9.88. The zero-order valence-electron chi connectivity index (χ0n) is 16.1. The Hall–Kier alpha value is -2.20. The molecule has 1 aliphatic rings. The number of hydrogen-bond donors (Lipinski definition) is 1. The molecule has 1 N–H and O–H groups in total. The van der Waals surface area contributed by atoms with Crippen LogP contribution in [-0.2, 0) is 17.1 Å². The summed E-state index contributed by atoms with van der Waals surface area (Å²) in [7, 11) is 0. The van der Waals surface area contributed by atoms with E-state index >= 15 is 0 Å². The number of thiocarbonyl (C=S) groups is 1. The van der Waals surface area contributed by atoms with Crippen LogP contribution in [-0.4, -0.2) is 17.6 Å². The fourth-order valence-corrected chi connectivity index (χ4v) is 3.74. The van der Waals surface area contributed by atoms with Gasteiger partial charge < -0.3 is 10.1 Å². The molecule has 0 aliphatic carbocycles. The number of piperidine rings is 1. The summed E-state index contributed by atoms with van der Waals surface area (Å²) in [5.74, 6) is -0.750. The Labute approximate surface area is 179 Å². The largest absolute Gasteiger partial charge is 0.416 e. The minimum absolute atomic E-state index is 0.0805. The molecule has 0 saturated carbocycles. The van der Waals surface area contributed by atoms with Crippen molar-refractivity contribution in [3.63, 3.8) is 0 Å². The summed E-state index contributed by atoms with van der Waals surface area (Å²) in [5, 5.41) is 3.01. The van der Waals surface area contributed by atoms with Crippen LogP contribution in [0.15, 0.2) is 42.5 Å². The van der Waals surface area contributed by atoms with E-state index in [4.69, 9.17) is 17.0 Å². The average molecular weight is 465 g/mol. The first-order valence-electron chi connectivity index (χ1n) is 9.31. The highest BCUT2D eigenvalue weighted by atomic mass is 32.1. The SMILES string of the molecule is C[C@@H](O[C@H]1CC(=S)NC[C@@H]1c1ccc(F)cc1)c1cc(C(F)(F)F)cc(C(F)(F)F)c1. The molecular formula is C21H18F7NOS. The second-order valence-electron chi connectivity index (χ2n) is 7.32. The maximum atomic E-state index is 13.3. The van der Waals surface area contributed by atoms with Crippen LogP contribution in [0, 0.1) is 5.82 Å². The van der Waals surface area contributed by atoms with Crippen LogP contribution in [0.5, 0.6) is 0 Å². The van der Waals surface area contributed by atoms with E-state index in [-0.39, 0.29) is 24.0 Å². The van der Waals surface area contributed by atoms with Crippen molar-refractivity contribution in [3.05, 3.63) is 70.5 Å². The van der Waals surface area contributed by atoms with E-state index in [0.717, 1.165) is 0 Å². The van der Waals surface area contributed by atoms with Gasteiger partial charge >= 0.3 is 12.4 Å². The van der Waals surface area contributed by atoms with Crippen LogP contribution in [0.25, 0.3) is 0 Å². The molecule has 3 rings (SSSR count). The van der Waals surface area contributed by atoms with Crippen LogP contribution in [0.1, 0.15) is 47.6 Å². The Bertz CT molecular complexity index is 908. The van der Waals surface area contributed by atoms with Crippen molar-refractivity contribution >= 4 is 17.2 Å². The average Bonchev–Trinajstić information content (AvgIpc) is 2.67. The first-order chi connectivity index (χ1) is 14.3. The highest BCUT2D eigenvalue weighted by Crippen LogP contribution is 2.39.